The number of amidine groups is 1. The Morgan fingerprint density at radius 2 is 1.73 bits per heavy atom. The fourth-order valence-electron chi connectivity index (χ4n) is 3.83. The molecule has 4 nitrogen and oxygen atoms in total. The van der Waals surface area contributed by atoms with Gasteiger partial charge in [0.15, 0.2) is 11.1 Å². The molecular formula is C17H29N4S+. The van der Waals surface area contributed by atoms with Gasteiger partial charge in [0.25, 0.3) is 4.88 Å². The highest BCUT2D eigenvalue weighted by Crippen LogP contribution is 2.43. The summed E-state index contributed by atoms with van der Waals surface area (Å²) >= 11 is 0. The molecule has 122 valence electrons. The van der Waals surface area contributed by atoms with Crippen LogP contribution >= 0.6 is 10.7 Å². The van der Waals surface area contributed by atoms with E-state index in [-0.39, 0.29) is 10.7 Å². The quantitative estimate of drug-likeness (QED) is 0.510. The Morgan fingerprint density at radius 1 is 1.09 bits per heavy atom. The molecule has 0 radical (unpaired) electrons. The molecule has 2 saturated carbocycles. The Balaban J connectivity index is 1.73. The third-order valence-electron chi connectivity index (χ3n) is 5.16. The summed E-state index contributed by atoms with van der Waals surface area (Å²) in [6, 6.07) is 0. The van der Waals surface area contributed by atoms with Crippen molar-refractivity contribution < 1.29 is 0 Å². The molecule has 0 spiro atoms. The van der Waals surface area contributed by atoms with Crippen molar-refractivity contribution in [2.75, 3.05) is 6.54 Å². The molecule has 0 aliphatic heterocycles. The zero-order valence-electron chi connectivity index (χ0n) is 13.8. The summed E-state index contributed by atoms with van der Waals surface area (Å²) in [5.74, 6) is 1.46. The molecule has 0 amide bonds. The summed E-state index contributed by atoms with van der Waals surface area (Å²) in [5, 5.41) is 4.99. The first-order valence-electron chi connectivity index (χ1n) is 8.92. The van der Waals surface area contributed by atoms with E-state index in [1.165, 1.54) is 64.2 Å². The molecule has 1 heterocycles. The maximum atomic E-state index is 6.36. The Bertz CT molecular complexity index is 511. The lowest BCUT2D eigenvalue weighted by molar-refractivity contribution is 0.367. The average Bonchev–Trinajstić information content (AvgIpc) is 2.96. The molecule has 3 rings (SSSR count). The normalized spacial score (nSPS) is 23.0. The lowest BCUT2D eigenvalue weighted by Crippen LogP contribution is -2.18. The van der Waals surface area contributed by atoms with Crippen LogP contribution in [0.15, 0.2) is 4.99 Å². The third-order valence-corrected chi connectivity index (χ3v) is 7.44. The summed E-state index contributed by atoms with van der Waals surface area (Å²) in [5.41, 5.74) is 7.36. The minimum Gasteiger partial charge on any atom is -0.379 e. The number of rotatable bonds is 4. The van der Waals surface area contributed by atoms with Gasteiger partial charge in [-0.1, -0.05) is 25.7 Å². The van der Waals surface area contributed by atoms with Crippen LogP contribution in [0.2, 0.25) is 0 Å². The molecule has 1 aromatic rings. The van der Waals surface area contributed by atoms with Gasteiger partial charge in [0.2, 0.25) is 0 Å². The van der Waals surface area contributed by atoms with Crippen LogP contribution in [0.3, 0.4) is 0 Å². The van der Waals surface area contributed by atoms with E-state index in [0.717, 1.165) is 28.9 Å². The van der Waals surface area contributed by atoms with Crippen LogP contribution in [0, 0.1) is 12.8 Å². The van der Waals surface area contributed by atoms with Crippen LogP contribution in [0.5, 0.6) is 0 Å². The standard InChI is InChI=1S/C17H29N4S/c1-13-16(17(18)19-12-14-8-4-2-5-9-14)22(21-20-13)15-10-6-3-7-11-15/h14-15H,2-12H2,1H3,(H2,18,19)/q+1. The molecule has 0 aromatic carbocycles. The summed E-state index contributed by atoms with van der Waals surface area (Å²) in [4.78, 5) is 5.90. The van der Waals surface area contributed by atoms with E-state index in [1.807, 2.05) is 6.92 Å². The highest BCUT2D eigenvalue weighted by atomic mass is 32.2. The molecule has 2 fully saturated rings. The van der Waals surface area contributed by atoms with Gasteiger partial charge in [-0.15, -0.1) is 5.10 Å². The number of hydrogen-bond acceptors (Lipinski definition) is 3. The lowest BCUT2D eigenvalue weighted by Gasteiger charge is -2.19. The second kappa shape index (κ2) is 7.53. The van der Waals surface area contributed by atoms with E-state index in [9.17, 15) is 0 Å². The topological polar surface area (TPSA) is 64.2 Å². The molecular weight excluding hydrogens is 292 g/mol. The van der Waals surface area contributed by atoms with Crippen molar-refractivity contribution in [3.8, 4) is 0 Å². The van der Waals surface area contributed by atoms with Gasteiger partial charge in [-0.05, 0) is 38.5 Å². The highest BCUT2D eigenvalue weighted by Gasteiger charge is 2.34. The Morgan fingerprint density at radius 3 is 2.41 bits per heavy atom. The van der Waals surface area contributed by atoms with Crippen LogP contribution in [0.4, 0.5) is 0 Å². The molecule has 5 heteroatoms. The zero-order chi connectivity index (χ0) is 15.4. The molecule has 2 aliphatic rings. The first kappa shape index (κ1) is 15.9. The first-order chi connectivity index (χ1) is 10.8. The van der Waals surface area contributed by atoms with Gasteiger partial charge < -0.3 is 5.73 Å². The average molecular weight is 322 g/mol. The molecule has 0 bridgehead atoms. The number of hydrogen-bond donors (Lipinski definition) is 1. The predicted octanol–water partition coefficient (Wildman–Crippen LogP) is 4.32. The number of nitrogens with zero attached hydrogens (tertiary/aromatic N) is 3. The van der Waals surface area contributed by atoms with Crippen molar-refractivity contribution in [3.05, 3.63) is 10.6 Å². The van der Waals surface area contributed by atoms with Crippen molar-refractivity contribution in [2.45, 2.75) is 76.4 Å². The minimum absolute atomic E-state index is 0.136. The Hall–Kier alpha value is -0.970. The number of aliphatic imine (C=N–C) groups is 1. The molecule has 1 atom stereocenters. The van der Waals surface area contributed by atoms with Crippen molar-refractivity contribution in [2.24, 2.45) is 16.6 Å². The van der Waals surface area contributed by atoms with E-state index < -0.39 is 0 Å². The van der Waals surface area contributed by atoms with Crippen molar-refractivity contribution in [3.63, 3.8) is 0 Å². The van der Waals surface area contributed by atoms with Gasteiger partial charge in [0.05, 0.1) is 4.49 Å². The molecule has 2 aliphatic carbocycles. The van der Waals surface area contributed by atoms with Crippen LogP contribution in [0.1, 0.15) is 80.0 Å². The van der Waals surface area contributed by atoms with Crippen LogP contribution in [-0.2, 0) is 0 Å². The number of aromatic nitrogens is 2. The van der Waals surface area contributed by atoms with Crippen molar-refractivity contribution in [1.29, 1.82) is 0 Å². The van der Waals surface area contributed by atoms with Crippen molar-refractivity contribution in [1.82, 2.24) is 9.59 Å². The first-order valence-corrected chi connectivity index (χ1v) is 10.2. The van der Waals surface area contributed by atoms with Crippen molar-refractivity contribution >= 4 is 16.5 Å². The van der Waals surface area contributed by atoms with Gasteiger partial charge in [-0.3, -0.25) is 4.99 Å². The smallest absolute Gasteiger partial charge is 0.264 e. The molecule has 2 N–H and O–H groups in total. The van der Waals surface area contributed by atoms with Gasteiger partial charge in [0.1, 0.15) is 16.4 Å². The summed E-state index contributed by atoms with van der Waals surface area (Å²) < 4.78 is 4.56. The second-order valence-electron chi connectivity index (χ2n) is 6.90. The summed E-state index contributed by atoms with van der Waals surface area (Å²) in [7, 11) is -0.136. The Labute approximate surface area is 136 Å². The van der Waals surface area contributed by atoms with Crippen LogP contribution < -0.4 is 5.73 Å². The molecule has 0 saturated heterocycles. The largest absolute Gasteiger partial charge is 0.379 e. The zero-order valence-corrected chi connectivity index (χ0v) is 14.6. The van der Waals surface area contributed by atoms with E-state index in [0.29, 0.717) is 5.25 Å². The van der Waals surface area contributed by atoms with Gasteiger partial charge in [-0.2, -0.15) is 0 Å². The van der Waals surface area contributed by atoms with E-state index in [4.69, 9.17) is 10.7 Å². The predicted molar refractivity (Wildman–Crippen MR) is 93.5 cm³/mol. The monoisotopic (exact) mass is 321 g/mol. The van der Waals surface area contributed by atoms with E-state index in [2.05, 4.69) is 9.59 Å². The SMILES string of the molecule is Cc1nn[s+](C2CCCCC2)c1C(N)=NCC1CCCCC1. The highest BCUT2D eigenvalue weighted by molar-refractivity contribution is 7.28. The number of aryl methyl sites for hydroxylation is 1. The maximum Gasteiger partial charge on any atom is 0.264 e. The Kier molecular flexibility index (Phi) is 5.45. The summed E-state index contributed by atoms with van der Waals surface area (Å²) in [6.07, 6.45) is 13.3. The fourth-order valence-corrected chi connectivity index (χ4v) is 5.99. The van der Waals surface area contributed by atoms with Crippen LogP contribution in [0.25, 0.3) is 0 Å². The van der Waals surface area contributed by atoms with Gasteiger partial charge in [0, 0.05) is 19.4 Å². The number of nitrogens with two attached hydrogens (primary N) is 1. The molecule has 1 aromatic heterocycles. The maximum absolute atomic E-state index is 6.36. The van der Waals surface area contributed by atoms with E-state index >= 15 is 0 Å². The third kappa shape index (κ3) is 3.67. The van der Waals surface area contributed by atoms with Crippen LogP contribution in [-0.4, -0.2) is 22.0 Å². The lowest BCUT2D eigenvalue weighted by atomic mass is 9.89. The molecule has 1 unspecified atom stereocenters. The minimum atomic E-state index is -0.136. The fraction of sp³-hybridized carbons (Fsp3) is 0.824. The summed E-state index contributed by atoms with van der Waals surface area (Å²) in [6.45, 7) is 2.93. The second-order valence-corrected chi connectivity index (χ2v) is 8.77. The van der Waals surface area contributed by atoms with E-state index in [1.54, 1.807) is 0 Å². The molecule has 22 heavy (non-hydrogen) atoms. The van der Waals surface area contributed by atoms with Gasteiger partial charge in [-0.25, -0.2) is 0 Å². The van der Waals surface area contributed by atoms with Gasteiger partial charge >= 0.3 is 0 Å².